The third-order valence-electron chi connectivity index (χ3n) is 2.85. The summed E-state index contributed by atoms with van der Waals surface area (Å²) >= 11 is 0. The van der Waals surface area contributed by atoms with Gasteiger partial charge in [-0.3, -0.25) is 0 Å². The molecular formula is C10H17NO3. The fourth-order valence-electron chi connectivity index (χ4n) is 1.85. The second-order valence-electron chi connectivity index (χ2n) is 3.81. The van der Waals surface area contributed by atoms with E-state index in [9.17, 15) is 9.59 Å². The number of rotatable bonds is 2. The van der Waals surface area contributed by atoms with Crippen LogP contribution in [-0.4, -0.2) is 37.5 Å². The van der Waals surface area contributed by atoms with Gasteiger partial charge < -0.3 is 14.4 Å². The Balaban J connectivity index is 2.51. The van der Waals surface area contributed by atoms with E-state index in [0.29, 0.717) is 12.5 Å². The number of likely N-dealkylation sites (tertiary alicyclic amines) is 1. The van der Waals surface area contributed by atoms with E-state index in [1.165, 1.54) is 7.11 Å². The minimum absolute atomic E-state index is 0.0301. The van der Waals surface area contributed by atoms with E-state index in [-0.39, 0.29) is 12.0 Å². The van der Waals surface area contributed by atoms with E-state index >= 15 is 0 Å². The Morgan fingerprint density at radius 2 is 2.36 bits per heavy atom. The van der Waals surface area contributed by atoms with Gasteiger partial charge in [0.25, 0.3) is 0 Å². The van der Waals surface area contributed by atoms with Gasteiger partial charge in [-0.2, -0.15) is 0 Å². The SMILES string of the molecule is COC(=O)N1CCCC(C(C)C=O)C1. The summed E-state index contributed by atoms with van der Waals surface area (Å²) in [6.07, 6.45) is 2.66. The summed E-state index contributed by atoms with van der Waals surface area (Å²) in [6.45, 7) is 3.29. The van der Waals surface area contributed by atoms with Crippen LogP contribution in [0.25, 0.3) is 0 Å². The van der Waals surface area contributed by atoms with Crippen LogP contribution < -0.4 is 0 Å². The van der Waals surface area contributed by atoms with Gasteiger partial charge in [0.1, 0.15) is 6.29 Å². The number of hydrogen-bond acceptors (Lipinski definition) is 3. The van der Waals surface area contributed by atoms with Crippen LogP contribution in [0, 0.1) is 11.8 Å². The maximum absolute atomic E-state index is 11.2. The van der Waals surface area contributed by atoms with Gasteiger partial charge in [-0.1, -0.05) is 6.92 Å². The molecule has 4 heteroatoms. The average molecular weight is 199 g/mol. The van der Waals surface area contributed by atoms with Crippen molar-refractivity contribution in [2.75, 3.05) is 20.2 Å². The van der Waals surface area contributed by atoms with Crippen molar-refractivity contribution in [1.82, 2.24) is 4.90 Å². The highest BCUT2D eigenvalue weighted by Gasteiger charge is 2.27. The first-order valence-corrected chi connectivity index (χ1v) is 4.97. The van der Waals surface area contributed by atoms with Crippen LogP contribution in [0.15, 0.2) is 0 Å². The summed E-state index contributed by atoms with van der Waals surface area (Å²) in [5.41, 5.74) is 0. The van der Waals surface area contributed by atoms with Gasteiger partial charge in [-0.15, -0.1) is 0 Å². The second-order valence-corrected chi connectivity index (χ2v) is 3.81. The molecule has 0 saturated carbocycles. The van der Waals surface area contributed by atoms with Gasteiger partial charge in [-0.25, -0.2) is 4.79 Å². The minimum Gasteiger partial charge on any atom is -0.453 e. The zero-order chi connectivity index (χ0) is 10.6. The van der Waals surface area contributed by atoms with Crippen molar-refractivity contribution in [1.29, 1.82) is 0 Å². The minimum atomic E-state index is -0.284. The first kappa shape index (κ1) is 11.0. The third-order valence-corrected chi connectivity index (χ3v) is 2.85. The molecule has 4 nitrogen and oxygen atoms in total. The smallest absolute Gasteiger partial charge is 0.409 e. The number of carbonyl (C=O) groups is 2. The lowest BCUT2D eigenvalue weighted by Crippen LogP contribution is -2.41. The fraction of sp³-hybridized carbons (Fsp3) is 0.800. The molecule has 1 aliphatic heterocycles. The van der Waals surface area contributed by atoms with Crippen molar-refractivity contribution in [2.24, 2.45) is 11.8 Å². The monoisotopic (exact) mass is 199 g/mol. The van der Waals surface area contributed by atoms with Crippen LogP contribution >= 0.6 is 0 Å². The summed E-state index contributed by atoms with van der Waals surface area (Å²) in [6, 6.07) is 0. The number of hydrogen-bond donors (Lipinski definition) is 0. The number of ether oxygens (including phenoxy) is 1. The zero-order valence-electron chi connectivity index (χ0n) is 8.73. The lowest BCUT2D eigenvalue weighted by molar-refractivity contribution is -0.112. The predicted molar refractivity (Wildman–Crippen MR) is 51.9 cm³/mol. The first-order valence-electron chi connectivity index (χ1n) is 4.97. The maximum Gasteiger partial charge on any atom is 0.409 e. The molecule has 0 aliphatic carbocycles. The first-order chi connectivity index (χ1) is 6.69. The average Bonchev–Trinajstić information content (AvgIpc) is 2.27. The van der Waals surface area contributed by atoms with Crippen LogP contribution in [-0.2, 0) is 9.53 Å². The third kappa shape index (κ3) is 2.47. The van der Waals surface area contributed by atoms with Gasteiger partial charge in [-0.05, 0) is 18.8 Å². The Morgan fingerprint density at radius 3 is 2.93 bits per heavy atom. The zero-order valence-corrected chi connectivity index (χ0v) is 8.73. The molecule has 2 atom stereocenters. The molecule has 0 spiro atoms. The van der Waals surface area contributed by atoms with Crippen molar-refractivity contribution in [3.63, 3.8) is 0 Å². The predicted octanol–water partition coefficient (Wildman–Crippen LogP) is 1.30. The molecule has 1 fully saturated rings. The van der Waals surface area contributed by atoms with E-state index in [2.05, 4.69) is 4.74 Å². The Bertz CT molecular complexity index is 217. The largest absolute Gasteiger partial charge is 0.453 e. The molecule has 2 unspecified atom stereocenters. The van der Waals surface area contributed by atoms with Gasteiger partial charge in [0, 0.05) is 19.0 Å². The molecule has 0 aromatic rings. The lowest BCUT2D eigenvalue weighted by atomic mass is 9.88. The Morgan fingerprint density at radius 1 is 1.64 bits per heavy atom. The number of piperidine rings is 1. The molecule has 0 radical (unpaired) electrons. The normalized spacial score (nSPS) is 24.1. The molecule has 14 heavy (non-hydrogen) atoms. The van der Waals surface area contributed by atoms with Crippen LogP contribution in [0.3, 0.4) is 0 Å². The van der Waals surface area contributed by atoms with Crippen LogP contribution in [0.1, 0.15) is 19.8 Å². The molecule has 1 amide bonds. The Labute approximate surface area is 84.2 Å². The summed E-state index contributed by atoms with van der Waals surface area (Å²) in [4.78, 5) is 23.5. The molecule has 0 aromatic heterocycles. The molecular weight excluding hydrogens is 182 g/mol. The van der Waals surface area contributed by atoms with Gasteiger partial charge in [0.15, 0.2) is 0 Å². The van der Waals surface area contributed by atoms with Crippen LogP contribution in [0.5, 0.6) is 0 Å². The van der Waals surface area contributed by atoms with Crippen LogP contribution in [0.2, 0.25) is 0 Å². The van der Waals surface area contributed by atoms with Crippen molar-refractivity contribution in [3.8, 4) is 0 Å². The second kappa shape index (κ2) is 4.98. The Kier molecular flexibility index (Phi) is 3.92. The summed E-state index contributed by atoms with van der Waals surface area (Å²) < 4.78 is 4.65. The number of carbonyl (C=O) groups excluding carboxylic acids is 2. The fourth-order valence-corrected chi connectivity index (χ4v) is 1.85. The number of aldehydes is 1. The van der Waals surface area contributed by atoms with Crippen molar-refractivity contribution < 1.29 is 14.3 Å². The highest BCUT2D eigenvalue weighted by Crippen LogP contribution is 2.22. The summed E-state index contributed by atoms with van der Waals surface area (Å²) in [7, 11) is 1.38. The Hall–Kier alpha value is -1.06. The highest BCUT2D eigenvalue weighted by atomic mass is 16.5. The van der Waals surface area contributed by atoms with E-state index < -0.39 is 0 Å². The topological polar surface area (TPSA) is 46.6 Å². The molecule has 0 N–H and O–H groups in total. The lowest BCUT2D eigenvalue weighted by Gasteiger charge is -2.33. The molecule has 1 aliphatic rings. The van der Waals surface area contributed by atoms with Gasteiger partial charge in [0.05, 0.1) is 7.11 Å². The molecule has 80 valence electrons. The molecule has 1 rings (SSSR count). The van der Waals surface area contributed by atoms with Crippen molar-refractivity contribution in [2.45, 2.75) is 19.8 Å². The van der Waals surface area contributed by atoms with E-state index in [4.69, 9.17) is 0 Å². The molecule has 1 saturated heterocycles. The number of methoxy groups -OCH3 is 1. The standard InChI is InChI=1S/C10H17NO3/c1-8(7-12)9-4-3-5-11(6-9)10(13)14-2/h7-9H,3-6H2,1-2H3. The maximum atomic E-state index is 11.2. The van der Waals surface area contributed by atoms with E-state index in [1.807, 2.05) is 6.92 Å². The summed E-state index contributed by atoms with van der Waals surface area (Å²) in [5.74, 6) is 0.322. The van der Waals surface area contributed by atoms with E-state index in [0.717, 1.165) is 25.7 Å². The van der Waals surface area contributed by atoms with E-state index in [1.54, 1.807) is 4.90 Å². The highest BCUT2D eigenvalue weighted by molar-refractivity contribution is 5.67. The number of nitrogens with zero attached hydrogens (tertiary/aromatic N) is 1. The number of amides is 1. The van der Waals surface area contributed by atoms with Crippen molar-refractivity contribution in [3.05, 3.63) is 0 Å². The molecule has 1 heterocycles. The summed E-state index contributed by atoms with van der Waals surface area (Å²) in [5, 5.41) is 0. The van der Waals surface area contributed by atoms with Crippen LogP contribution in [0.4, 0.5) is 4.79 Å². The van der Waals surface area contributed by atoms with Gasteiger partial charge >= 0.3 is 6.09 Å². The quantitative estimate of drug-likeness (QED) is 0.630. The van der Waals surface area contributed by atoms with Gasteiger partial charge in [0.2, 0.25) is 0 Å². The molecule has 0 aromatic carbocycles. The molecule has 0 bridgehead atoms. The van der Waals surface area contributed by atoms with Crippen molar-refractivity contribution >= 4 is 12.4 Å².